The van der Waals surface area contributed by atoms with Crippen LogP contribution in [0.15, 0.2) is 65.8 Å². The first-order chi connectivity index (χ1) is 15.9. The molecule has 2 amide bonds. The average Bonchev–Trinajstić information content (AvgIpc) is 2.80. The standard InChI is InChI=1S/C23H18ClFIN3O4/c1-32-20-11-14(12-27-29-23(31)15-2-4-16(24)5-3-15)10-19(26)22(20)33-13-21(30)28-18-8-6-17(25)7-9-18/h2-12H,13H2,1H3,(H,28,30)(H,29,31)/b27-12-. The monoisotopic (exact) mass is 581 g/mol. The third-order valence-electron chi connectivity index (χ3n) is 4.21. The first-order valence-corrected chi connectivity index (χ1v) is 11.0. The molecule has 0 atom stereocenters. The molecule has 2 N–H and O–H groups in total. The minimum Gasteiger partial charge on any atom is -0.493 e. The van der Waals surface area contributed by atoms with E-state index in [4.69, 9.17) is 21.1 Å². The molecule has 0 spiro atoms. The van der Waals surface area contributed by atoms with Crippen molar-refractivity contribution in [3.05, 3.63) is 86.2 Å². The number of ether oxygens (including phenoxy) is 2. The molecule has 3 aromatic carbocycles. The number of hydrogen-bond donors (Lipinski definition) is 2. The van der Waals surface area contributed by atoms with E-state index < -0.39 is 11.7 Å². The summed E-state index contributed by atoms with van der Waals surface area (Å²) >= 11 is 7.87. The molecule has 0 saturated heterocycles. The topological polar surface area (TPSA) is 89.0 Å². The van der Waals surface area contributed by atoms with Crippen LogP contribution in [0.3, 0.4) is 0 Å². The van der Waals surface area contributed by atoms with Gasteiger partial charge in [-0.1, -0.05) is 11.6 Å². The summed E-state index contributed by atoms with van der Waals surface area (Å²) in [5, 5.41) is 7.12. The van der Waals surface area contributed by atoms with E-state index in [1.54, 1.807) is 36.4 Å². The van der Waals surface area contributed by atoms with Gasteiger partial charge in [0.15, 0.2) is 18.1 Å². The average molecular weight is 582 g/mol. The van der Waals surface area contributed by atoms with Crippen LogP contribution in [0.2, 0.25) is 5.02 Å². The van der Waals surface area contributed by atoms with Crippen molar-refractivity contribution in [2.45, 2.75) is 0 Å². The zero-order chi connectivity index (χ0) is 23.8. The summed E-state index contributed by atoms with van der Waals surface area (Å²) in [4.78, 5) is 24.3. The largest absolute Gasteiger partial charge is 0.493 e. The van der Waals surface area contributed by atoms with Gasteiger partial charge in [-0.15, -0.1) is 0 Å². The lowest BCUT2D eigenvalue weighted by molar-refractivity contribution is -0.118. The van der Waals surface area contributed by atoms with Gasteiger partial charge in [0.1, 0.15) is 5.82 Å². The van der Waals surface area contributed by atoms with Gasteiger partial charge in [-0.25, -0.2) is 9.82 Å². The van der Waals surface area contributed by atoms with Crippen molar-refractivity contribution in [2.75, 3.05) is 19.0 Å². The maximum Gasteiger partial charge on any atom is 0.271 e. The lowest BCUT2D eigenvalue weighted by Crippen LogP contribution is -2.20. The van der Waals surface area contributed by atoms with E-state index in [9.17, 15) is 14.0 Å². The number of rotatable bonds is 8. The first-order valence-electron chi connectivity index (χ1n) is 9.50. The molecule has 0 aliphatic heterocycles. The molecule has 33 heavy (non-hydrogen) atoms. The van der Waals surface area contributed by atoms with Crippen LogP contribution in [0.4, 0.5) is 10.1 Å². The molecule has 0 unspecified atom stereocenters. The Morgan fingerprint density at radius 1 is 1.12 bits per heavy atom. The summed E-state index contributed by atoms with van der Waals surface area (Å²) in [6.07, 6.45) is 1.46. The van der Waals surface area contributed by atoms with E-state index >= 15 is 0 Å². The second-order valence-electron chi connectivity index (χ2n) is 6.58. The molecule has 0 aliphatic rings. The van der Waals surface area contributed by atoms with Crippen molar-refractivity contribution in [1.82, 2.24) is 5.43 Å². The van der Waals surface area contributed by atoms with Crippen LogP contribution >= 0.6 is 34.2 Å². The summed E-state index contributed by atoms with van der Waals surface area (Å²) in [5.74, 6) is -0.403. The molecule has 0 aliphatic carbocycles. The first kappa shape index (κ1) is 24.5. The number of amides is 2. The van der Waals surface area contributed by atoms with Crippen molar-refractivity contribution in [3.63, 3.8) is 0 Å². The number of nitrogens with zero attached hydrogens (tertiary/aromatic N) is 1. The Bertz CT molecular complexity index is 1170. The lowest BCUT2D eigenvalue weighted by Gasteiger charge is -2.13. The lowest BCUT2D eigenvalue weighted by atomic mass is 10.2. The fraction of sp³-hybridized carbons (Fsp3) is 0.0870. The molecule has 10 heteroatoms. The molecule has 0 heterocycles. The van der Waals surface area contributed by atoms with Crippen molar-refractivity contribution in [2.24, 2.45) is 5.10 Å². The highest BCUT2D eigenvalue weighted by Gasteiger charge is 2.13. The minimum absolute atomic E-state index is 0.270. The van der Waals surface area contributed by atoms with E-state index in [-0.39, 0.29) is 12.5 Å². The normalized spacial score (nSPS) is 10.7. The van der Waals surface area contributed by atoms with Crippen molar-refractivity contribution < 1.29 is 23.5 Å². The highest BCUT2D eigenvalue weighted by Crippen LogP contribution is 2.33. The number of carbonyl (C=O) groups is 2. The molecule has 7 nitrogen and oxygen atoms in total. The van der Waals surface area contributed by atoms with Crippen LogP contribution in [0, 0.1) is 9.39 Å². The summed E-state index contributed by atoms with van der Waals surface area (Å²) in [5.41, 5.74) is 3.97. The number of benzene rings is 3. The quantitative estimate of drug-likeness (QED) is 0.226. The number of hydrazone groups is 1. The summed E-state index contributed by atoms with van der Waals surface area (Å²) in [6.45, 7) is -0.270. The second kappa shape index (κ2) is 11.6. The Hall–Kier alpha value is -3.18. The van der Waals surface area contributed by atoms with Crippen molar-refractivity contribution >= 4 is 57.9 Å². The Balaban J connectivity index is 1.62. The molecule has 0 fully saturated rings. The van der Waals surface area contributed by atoms with E-state index in [0.717, 1.165) is 0 Å². The predicted molar refractivity (Wildman–Crippen MR) is 133 cm³/mol. The van der Waals surface area contributed by atoms with Gasteiger partial charge in [-0.2, -0.15) is 5.10 Å². The summed E-state index contributed by atoms with van der Waals surface area (Å²) in [7, 11) is 1.47. The van der Waals surface area contributed by atoms with E-state index in [1.165, 1.54) is 37.6 Å². The highest BCUT2D eigenvalue weighted by molar-refractivity contribution is 14.1. The van der Waals surface area contributed by atoms with Gasteiger partial charge < -0.3 is 14.8 Å². The molecule has 0 radical (unpaired) electrons. The Morgan fingerprint density at radius 2 is 1.82 bits per heavy atom. The minimum atomic E-state index is -0.407. The molecule has 3 aromatic rings. The summed E-state index contributed by atoms with van der Waals surface area (Å²) < 4.78 is 24.7. The van der Waals surface area contributed by atoms with Gasteiger partial charge in [0.25, 0.3) is 11.8 Å². The number of hydrogen-bond acceptors (Lipinski definition) is 5. The fourth-order valence-corrected chi connectivity index (χ4v) is 3.56. The zero-order valence-corrected chi connectivity index (χ0v) is 20.2. The van der Waals surface area contributed by atoms with Gasteiger partial charge >= 0.3 is 0 Å². The number of methoxy groups -OCH3 is 1. The fourth-order valence-electron chi connectivity index (χ4n) is 2.65. The van der Waals surface area contributed by atoms with Crippen molar-refractivity contribution in [1.29, 1.82) is 0 Å². The number of nitrogens with one attached hydrogen (secondary N) is 2. The predicted octanol–water partition coefficient (Wildman–Crippen LogP) is 4.87. The van der Waals surface area contributed by atoms with Gasteiger partial charge in [-0.3, -0.25) is 9.59 Å². The van der Waals surface area contributed by atoms with Crippen LogP contribution in [0.1, 0.15) is 15.9 Å². The van der Waals surface area contributed by atoms with Gasteiger partial charge in [0, 0.05) is 16.3 Å². The molecule has 0 saturated carbocycles. The summed E-state index contributed by atoms with van der Waals surface area (Å²) in [6, 6.07) is 15.3. The molecule has 170 valence electrons. The van der Waals surface area contributed by atoms with Crippen LogP contribution in [-0.4, -0.2) is 31.7 Å². The van der Waals surface area contributed by atoms with Crippen LogP contribution < -0.4 is 20.2 Å². The van der Waals surface area contributed by atoms with Gasteiger partial charge in [0.2, 0.25) is 0 Å². The Kier molecular flexibility index (Phi) is 8.61. The third-order valence-corrected chi connectivity index (χ3v) is 5.27. The zero-order valence-electron chi connectivity index (χ0n) is 17.3. The van der Waals surface area contributed by atoms with E-state index in [2.05, 4.69) is 15.8 Å². The van der Waals surface area contributed by atoms with Crippen molar-refractivity contribution in [3.8, 4) is 11.5 Å². The molecule has 0 aromatic heterocycles. The van der Waals surface area contributed by atoms with Gasteiger partial charge in [-0.05, 0) is 88.8 Å². The smallest absolute Gasteiger partial charge is 0.271 e. The van der Waals surface area contributed by atoms with Gasteiger partial charge in [0.05, 0.1) is 16.9 Å². The Morgan fingerprint density at radius 3 is 2.48 bits per heavy atom. The molecule has 3 rings (SSSR count). The number of carbonyl (C=O) groups excluding carboxylic acids is 2. The number of anilines is 1. The maximum atomic E-state index is 13.0. The third kappa shape index (κ3) is 7.16. The highest BCUT2D eigenvalue weighted by atomic mass is 127. The van der Waals surface area contributed by atoms with E-state index in [1.807, 2.05) is 22.6 Å². The maximum absolute atomic E-state index is 13.0. The SMILES string of the molecule is COc1cc(/C=N\NC(=O)c2ccc(Cl)cc2)cc(I)c1OCC(=O)Nc1ccc(F)cc1. The molecular weight excluding hydrogens is 564 g/mol. The Labute approximate surface area is 208 Å². The van der Waals surface area contributed by atoms with Crippen LogP contribution in [0.25, 0.3) is 0 Å². The number of halogens is 3. The molecular formula is C23H18ClFIN3O4. The van der Waals surface area contributed by atoms with Crippen LogP contribution in [-0.2, 0) is 4.79 Å². The van der Waals surface area contributed by atoms with Crippen LogP contribution in [0.5, 0.6) is 11.5 Å². The van der Waals surface area contributed by atoms with E-state index in [0.29, 0.717) is 36.9 Å². The molecule has 0 bridgehead atoms. The second-order valence-corrected chi connectivity index (χ2v) is 8.18.